The summed E-state index contributed by atoms with van der Waals surface area (Å²) in [7, 11) is -0.924. The van der Waals surface area contributed by atoms with Gasteiger partial charge in [0.1, 0.15) is 47.8 Å². The molecule has 2 aromatic carbocycles. The summed E-state index contributed by atoms with van der Waals surface area (Å²) in [5.74, 6) is -4.85. The van der Waals surface area contributed by atoms with Crippen LogP contribution in [-0.2, 0) is 51.9 Å². The first-order valence-corrected chi connectivity index (χ1v) is 30.0. The lowest BCUT2D eigenvalue weighted by atomic mass is 9.44. The fourth-order valence-electron chi connectivity index (χ4n) is 12.6. The molecule has 6 aliphatic rings. The van der Waals surface area contributed by atoms with Crippen LogP contribution in [0.3, 0.4) is 0 Å². The number of alkyl carbamates (subject to hydrolysis) is 1. The molecule has 3 aliphatic carbocycles. The predicted molar refractivity (Wildman–Crippen MR) is 286 cm³/mol. The lowest BCUT2D eigenvalue weighted by molar-refractivity contribution is -0.362. The van der Waals surface area contributed by atoms with Crippen molar-refractivity contribution in [3.05, 3.63) is 82.9 Å². The van der Waals surface area contributed by atoms with E-state index in [1.165, 1.54) is 6.92 Å². The van der Waals surface area contributed by atoms with Gasteiger partial charge in [0.05, 0.1) is 24.1 Å². The van der Waals surface area contributed by atoms with E-state index < -0.39 is 132 Å². The van der Waals surface area contributed by atoms with E-state index in [1.54, 1.807) is 94.1 Å². The topological polar surface area (TPSA) is 207 Å². The first kappa shape index (κ1) is 58.3. The molecule has 0 aromatic heterocycles. The highest BCUT2D eigenvalue weighted by Crippen LogP contribution is 2.68. The largest absolute Gasteiger partial charge is 0.456 e. The molecule has 0 unspecified atom stereocenters. The first-order chi connectivity index (χ1) is 35.7. The van der Waals surface area contributed by atoms with Gasteiger partial charge in [0.25, 0.3) is 0 Å². The summed E-state index contributed by atoms with van der Waals surface area (Å²) in [6.07, 6.45) is -10.1. The van der Waals surface area contributed by atoms with Crippen molar-refractivity contribution in [2.75, 3.05) is 39.8 Å². The summed E-state index contributed by atoms with van der Waals surface area (Å²) in [5.41, 5.74) is -5.83. The maximum Gasteiger partial charge on any atom is 0.410 e. The molecule has 3 saturated heterocycles. The number of esters is 3. The third kappa shape index (κ3) is 10.8. The van der Waals surface area contributed by atoms with Crippen LogP contribution in [0.2, 0.25) is 18.1 Å². The van der Waals surface area contributed by atoms with E-state index in [0.717, 1.165) is 0 Å². The lowest BCUT2D eigenvalue weighted by Crippen LogP contribution is -2.82. The SMILES string of the molecule is CC(=O)O[C@@]12CO[C@@H]1C[C@H](OC(=O)N1CCN(C)CC1)[C@@]1(C)[C@@H]3OC(C)(C)O[C@@H]3C3=C(C)[C@@H](OC(=O)[C@H](O[Si](C)(C)C(C)(C)C)[C@@H](NC(=O)OC(C)(C)C)c4ccccc4)C[C@@](O)([C@@H](OC(=O)c4ccccc4)[C@H]21)C3(C)C. The van der Waals surface area contributed by atoms with Crippen LogP contribution in [0.25, 0.3) is 0 Å². The number of nitrogens with one attached hydrogen (secondary N) is 1. The minimum absolute atomic E-state index is 0.0573. The van der Waals surface area contributed by atoms with Gasteiger partial charge in [-0.1, -0.05) is 90.1 Å². The fourth-order valence-corrected chi connectivity index (χ4v) is 13.8. The minimum atomic E-state index is -2.91. The van der Waals surface area contributed by atoms with Crippen LogP contribution in [0.4, 0.5) is 9.59 Å². The van der Waals surface area contributed by atoms with Crippen molar-refractivity contribution in [1.29, 1.82) is 0 Å². The summed E-state index contributed by atoms with van der Waals surface area (Å²) in [6, 6.07) is 16.2. The Labute approximate surface area is 455 Å². The highest BCUT2D eigenvalue weighted by molar-refractivity contribution is 6.74. The minimum Gasteiger partial charge on any atom is -0.456 e. The summed E-state index contributed by atoms with van der Waals surface area (Å²) in [5, 5.41) is 17.0. The highest BCUT2D eigenvalue weighted by atomic mass is 28.4. The zero-order valence-electron chi connectivity index (χ0n) is 48.0. The van der Waals surface area contributed by atoms with Gasteiger partial charge in [-0.3, -0.25) is 4.79 Å². The van der Waals surface area contributed by atoms with Crippen molar-refractivity contribution in [3.8, 4) is 0 Å². The monoisotopic (exact) mass is 1090 g/mol. The van der Waals surface area contributed by atoms with E-state index in [4.69, 9.17) is 42.3 Å². The second kappa shape index (κ2) is 20.6. The van der Waals surface area contributed by atoms with Crippen molar-refractivity contribution >= 4 is 38.4 Å². The quantitative estimate of drug-likeness (QED) is 0.0940. The third-order valence-electron chi connectivity index (χ3n) is 17.7. The van der Waals surface area contributed by atoms with Crippen molar-refractivity contribution in [1.82, 2.24) is 15.1 Å². The molecule has 0 radical (unpaired) electrons. The number of hydrogen-bond acceptors (Lipinski definition) is 16. The van der Waals surface area contributed by atoms with Crippen LogP contribution in [0.5, 0.6) is 0 Å². The third-order valence-corrected chi connectivity index (χ3v) is 22.2. The number of carbonyl (C=O) groups is 5. The van der Waals surface area contributed by atoms with E-state index >= 15 is 4.79 Å². The molecule has 2 saturated carbocycles. The number of piperazine rings is 1. The number of likely N-dealkylation sites (N-methyl/N-ethyl adjacent to an activating group) is 1. The number of carbonyl (C=O) groups excluding carboxylic acids is 5. The van der Waals surface area contributed by atoms with Crippen LogP contribution in [0, 0.1) is 16.7 Å². The Hall–Kier alpha value is -4.89. The molecule has 424 valence electrons. The Morgan fingerprint density at radius 2 is 1.45 bits per heavy atom. The number of benzene rings is 2. The second-order valence-corrected chi connectivity index (χ2v) is 30.6. The van der Waals surface area contributed by atoms with Gasteiger partial charge in [-0.25, -0.2) is 19.2 Å². The van der Waals surface area contributed by atoms with Crippen molar-refractivity contribution in [2.45, 2.75) is 192 Å². The maximum atomic E-state index is 15.7. The normalized spacial score (nSPS) is 32.5. The van der Waals surface area contributed by atoms with Gasteiger partial charge in [0.2, 0.25) is 0 Å². The molecular weight excluding hydrogens is 1010 g/mol. The van der Waals surface area contributed by atoms with Crippen molar-refractivity contribution in [2.24, 2.45) is 16.7 Å². The molecule has 77 heavy (non-hydrogen) atoms. The summed E-state index contributed by atoms with van der Waals surface area (Å²) < 4.78 is 60.4. The standard InChI is InChI=1S/C58H83N3O15Si/c1-34-38(69-49(64)44(76-77(15,16)53(6,7)8)42(36-23-19-17-20-24-36)59-50(65)75-52(3,4)5)32-58(67)47(71-48(63)37-25-21-18-22-26-37)45-56(13,46-43(41(34)54(58,9)10)73-55(11,12)74-46)39(31-40-57(45,33-68-40)72-35(2)62)70-51(66)61-29-27-60(14)28-30-61/h17-26,38-40,42-47,67H,27-33H2,1-16H3,(H,59,65)/t38-,39-,40+,42-,43+,44+,45-,46+,47-,56+,57-,58+/m0/s1. The second-order valence-electron chi connectivity index (χ2n) is 25.9. The molecule has 18 nitrogen and oxygen atoms in total. The fraction of sp³-hybridized carbons (Fsp3) is 0.672. The van der Waals surface area contributed by atoms with Gasteiger partial charge in [-0.15, -0.1) is 0 Å². The number of nitrogens with zero attached hydrogens (tertiary/aromatic N) is 2. The van der Waals surface area contributed by atoms with Crippen LogP contribution < -0.4 is 5.32 Å². The van der Waals surface area contributed by atoms with E-state index in [0.29, 0.717) is 42.9 Å². The number of fused-ring (bicyclic) bond motifs is 8. The van der Waals surface area contributed by atoms with Crippen molar-refractivity contribution in [3.63, 3.8) is 0 Å². The van der Waals surface area contributed by atoms with E-state index in [2.05, 4.69) is 10.2 Å². The number of rotatable bonds is 11. The van der Waals surface area contributed by atoms with Crippen LogP contribution in [-0.4, -0.2) is 158 Å². The van der Waals surface area contributed by atoms with Gasteiger partial charge >= 0.3 is 30.1 Å². The number of aliphatic hydroxyl groups is 1. The van der Waals surface area contributed by atoms with Crippen LogP contribution in [0.15, 0.2) is 71.8 Å². The zero-order valence-corrected chi connectivity index (χ0v) is 49.0. The molecule has 2 N–H and O–H groups in total. The molecular formula is C58H83N3O15Si. The first-order valence-electron chi connectivity index (χ1n) is 27.1. The lowest BCUT2D eigenvalue weighted by Gasteiger charge is -2.69. The summed E-state index contributed by atoms with van der Waals surface area (Å²) in [6.45, 7) is 29.5. The Balaban J connectivity index is 1.34. The van der Waals surface area contributed by atoms with Crippen LogP contribution >= 0.6 is 0 Å². The van der Waals surface area contributed by atoms with Gasteiger partial charge in [0.15, 0.2) is 25.8 Å². The Kier molecular flexibility index (Phi) is 15.6. The Morgan fingerprint density at radius 3 is 2.01 bits per heavy atom. The van der Waals surface area contributed by atoms with E-state index in [1.807, 2.05) is 74.7 Å². The molecule has 0 spiro atoms. The molecule has 2 bridgehead atoms. The van der Waals surface area contributed by atoms with Gasteiger partial charge in [-0.05, 0) is 95.6 Å². The highest BCUT2D eigenvalue weighted by Gasteiger charge is 2.80. The van der Waals surface area contributed by atoms with Gasteiger partial charge in [-0.2, -0.15) is 0 Å². The summed E-state index contributed by atoms with van der Waals surface area (Å²) in [4.78, 5) is 76.5. The zero-order chi connectivity index (χ0) is 56.6. The molecule has 2 amide bonds. The molecule has 19 heteroatoms. The van der Waals surface area contributed by atoms with E-state index in [-0.39, 0.29) is 25.0 Å². The molecule has 8 rings (SSSR count). The molecule has 3 aliphatic heterocycles. The number of amides is 2. The van der Waals surface area contributed by atoms with Crippen LogP contribution in [0.1, 0.15) is 125 Å². The number of hydrogen-bond donors (Lipinski definition) is 2. The van der Waals surface area contributed by atoms with Crippen molar-refractivity contribution < 1.29 is 71.4 Å². The average molecular weight is 1090 g/mol. The smallest absolute Gasteiger partial charge is 0.410 e. The molecule has 12 atom stereocenters. The summed E-state index contributed by atoms with van der Waals surface area (Å²) >= 11 is 0. The van der Waals surface area contributed by atoms with E-state index in [9.17, 15) is 24.3 Å². The molecule has 2 aromatic rings. The maximum absolute atomic E-state index is 15.7. The molecule has 3 heterocycles. The molecule has 5 fully saturated rings. The van der Waals surface area contributed by atoms with Gasteiger partial charge < -0.3 is 62.5 Å². The Morgan fingerprint density at radius 1 is 0.844 bits per heavy atom. The van der Waals surface area contributed by atoms with Gasteiger partial charge in [0, 0.05) is 56.8 Å². The average Bonchev–Trinajstić information content (AvgIpc) is 3.81. The number of ether oxygens (including phenoxy) is 8. The Bertz CT molecular complexity index is 2590. The predicted octanol–water partition coefficient (Wildman–Crippen LogP) is 8.27.